The van der Waals surface area contributed by atoms with Gasteiger partial charge >= 0.3 is 6.36 Å². The van der Waals surface area contributed by atoms with Crippen LogP contribution in [0.1, 0.15) is 5.56 Å². The second-order valence-electron chi connectivity index (χ2n) is 7.89. The molecule has 33 heavy (non-hydrogen) atoms. The van der Waals surface area contributed by atoms with E-state index < -0.39 is 6.36 Å². The standard InChI is InChI=1S/C21H26F3N7O2/c22-21(23,24)33-18-3-1-2-16(10-18)11-26-20-27-12-17(13-28-20)30-8-6-29(7-9-30)14-19(32)31-5-4-25-15-31/h1-3,10,12-13,25H,4-9,11,14-15H2,(H,26,27,28). The van der Waals surface area contributed by atoms with Gasteiger partial charge in [-0.15, -0.1) is 13.2 Å². The van der Waals surface area contributed by atoms with Crippen LogP contribution in [0.25, 0.3) is 0 Å². The molecule has 2 fully saturated rings. The molecule has 1 aromatic heterocycles. The second kappa shape index (κ2) is 10.2. The Morgan fingerprint density at radius 1 is 1.12 bits per heavy atom. The van der Waals surface area contributed by atoms with E-state index >= 15 is 0 Å². The van der Waals surface area contributed by atoms with Crippen molar-refractivity contribution >= 4 is 17.5 Å². The number of hydrogen-bond donors (Lipinski definition) is 2. The number of benzene rings is 1. The van der Waals surface area contributed by atoms with Gasteiger partial charge in [-0.25, -0.2) is 9.97 Å². The number of rotatable bonds is 7. The van der Waals surface area contributed by atoms with E-state index in [2.05, 4.69) is 35.1 Å². The molecule has 4 rings (SSSR count). The molecule has 2 aliphatic rings. The molecule has 2 aromatic rings. The van der Waals surface area contributed by atoms with Crippen LogP contribution in [0.4, 0.5) is 24.8 Å². The summed E-state index contributed by atoms with van der Waals surface area (Å²) in [6.45, 7) is 6.04. The van der Waals surface area contributed by atoms with E-state index in [1.165, 1.54) is 18.2 Å². The molecule has 0 bridgehead atoms. The van der Waals surface area contributed by atoms with Crippen LogP contribution in [0, 0.1) is 0 Å². The summed E-state index contributed by atoms with van der Waals surface area (Å²) in [4.78, 5) is 27.1. The summed E-state index contributed by atoms with van der Waals surface area (Å²) in [5, 5.41) is 6.17. The predicted octanol–water partition coefficient (Wildman–Crippen LogP) is 1.50. The average molecular weight is 465 g/mol. The van der Waals surface area contributed by atoms with Gasteiger partial charge in [0.1, 0.15) is 5.75 Å². The highest BCUT2D eigenvalue weighted by Gasteiger charge is 2.31. The maximum Gasteiger partial charge on any atom is 0.573 e. The Hall–Kier alpha value is -3.12. The summed E-state index contributed by atoms with van der Waals surface area (Å²) in [5.74, 6) is 0.267. The van der Waals surface area contributed by atoms with Crippen molar-refractivity contribution in [2.75, 3.05) is 62.7 Å². The van der Waals surface area contributed by atoms with Crippen molar-refractivity contribution in [1.29, 1.82) is 0 Å². The van der Waals surface area contributed by atoms with Crippen LogP contribution >= 0.6 is 0 Å². The molecule has 9 nitrogen and oxygen atoms in total. The van der Waals surface area contributed by atoms with E-state index in [1.807, 2.05) is 4.90 Å². The first-order valence-corrected chi connectivity index (χ1v) is 10.7. The SMILES string of the molecule is O=C(CN1CCN(c2cnc(NCc3cccc(OC(F)(F)F)c3)nc2)CC1)N1CCNC1. The van der Waals surface area contributed by atoms with Crippen LogP contribution in [0.5, 0.6) is 5.75 Å². The third kappa shape index (κ3) is 6.68. The zero-order valence-corrected chi connectivity index (χ0v) is 18.0. The molecule has 1 aromatic carbocycles. The van der Waals surface area contributed by atoms with Gasteiger partial charge in [0.05, 0.1) is 31.3 Å². The largest absolute Gasteiger partial charge is 0.573 e. The first kappa shape index (κ1) is 23.1. The van der Waals surface area contributed by atoms with E-state index in [1.54, 1.807) is 18.5 Å². The van der Waals surface area contributed by atoms with Gasteiger partial charge in [-0.1, -0.05) is 12.1 Å². The van der Waals surface area contributed by atoms with E-state index in [0.29, 0.717) is 24.7 Å². The first-order chi connectivity index (χ1) is 15.9. The van der Waals surface area contributed by atoms with Crippen molar-refractivity contribution in [3.8, 4) is 5.75 Å². The quantitative estimate of drug-likeness (QED) is 0.637. The van der Waals surface area contributed by atoms with Crippen molar-refractivity contribution in [3.05, 3.63) is 42.2 Å². The van der Waals surface area contributed by atoms with Gasteiger partial charge in [0.2, 0.25) is 11.9 Å². The maximum absolute atomic E-state index is 12.4. The van der Waals surface area contributed by atoms with Gasteiger partial charge in [0.15, 0.2) is 0 Å². The van der Waals surface area contributed by atoms with E-state index in [9.17, 15) is 18.0 Å². The lowest BCUT2D eigenvalue weighted by molar-refractivity contribution is -0.274. The van der Waals surface area contributed by atoms with Crippen molar-refractivity contribution in [2.24, 2.45) is 0 Å². The lowest BCUT2D eigenvalue weighted by atomic mass is 10.2. The van der Waals surface area contributed by atoms with Crippen LogP contribution in [0.15, 0.2) is 36.7 Å². The fourth-order valence-corrected chi connectivity index (χ4v) is 3.78. The highest BCUT2D eigenvalue weighted by molar-refractivity contribution is 5.78. The van der Waals surface area contributed by atoms with Crippen molar-refractivity contribution < 1.29 is 22.7 Å². The third-order valence-electron chi connectivity index (χ3n) is 5.53. The zero-order valence-electron chi connectivity index (χ0n) is 18.0. The minimum absolute atomic E-state index is 0.155. The van der Waals surface area contributed by atoms with E-state index in [4.69, 9.17) is 0 Å². The van der Waals surface area contributed by atoms with Crippen molar-refractivity contribution in [2.45, 2.75) is 12.9 Å². The molecule has 3 heterocycles. The Morgan fingerprint density at radius 2 is 1.88 bits per heavy atom. The van der Waals surface area contributed by atoms with Crippen LogP contribution in [0.3, 0.4) is 0 Å². The van der Waals surface area contributed by atoms with Crippen LogP contribution in [-0.2, 0) is 11.3 Å². The Bertz CT molecular complexity index is 928. The van der Waals surface area contributed by atoms with Gasteiger partial charge in [-0.05, 0) is 17.7 Å². The number of carbonyl (C=O) groups excluding carboxylic acids is 1. The Morgan fingerprint density at radius 3 is 2.55 bits per heavy atom. The fraction of sp³-hybridized carbons (Fsp3) is 0.476. The number of aromatic nitrogens is 2. The fourth-order valence-electron chi connectivity index (χ4n) is 3.78. The summed E-state index contributed by atoms with van der Waals surface area (Å²) < 4.78 is 41.1. The first-order valence-electron chi connectivity index (χ1n) is 10.7. The summed E-state index contributed by atoms with van der Waals surface area (Å²) in [7, 11) is 0. The number of anilines is 2. The number of amides is 1. The van der Waals surface area contributed by atoms with Crippen molar-refractivity contribution in [1.82, 2.24) is 25.1 Å². The number of alkyl halides is 3. The zero-order chi connectivity index (χ0) is 23.3. The minimum atomic E-state index is -4.72. The van der Waals surface area contributed by atoms with Gasteiger partial charge < -0.3 is 19.9 Å². The second-order valence-corrected chi connectivity index (χ2v) is 7.89. The predicted molar refractivity (Wildman–Crippen MR) is 116 cm³/mol. The Balaban J connectivity index is 1.23. The number of hydrogen-bond acceptors (Lipinski definition) is 8. The van der Waals surface area contributed by atoms with E-state index in [0.717, 1.165) is 45.0 Å². The molecular weight excluding hydrogens is 439 g/mol. The molecule has 0 unspecified atom stereocenters. The molecule has 178 valence electrons. The number of halogens is 3. The smallest absolute Gasteiger partial charge is 0.406 e. The number of ether oxygens (including phenoxy) is 1. The number of carbonyl (C=O) groups is 1. The molecule has 0 radical (unpaired) electrons. The lowest BCUT2D eigenvalue weighted by Gasteiger charge is -2.35. The molecular formula is C21H26F3N7O2. The number of nitrogens with zero attached hydrogens (tertiary/aromatic N) is 5. The van der Waals surface area contributed by atoms with E-state index in [-0.39, 0.29) is 18.2 Å². The number of nitrogens with one attached hydrogen (secondary N) is 2. The van der Waals surface area contributed by atoms with Crippen molar-refractivity contribution in [3.63, 3.8) is 0 Å². The third-order valence-corrected chi connectivity index (χ3v) is 5.53. The normalized spacial score (nSPS) is 17.3. The summed E-state index contributed by atoms with van der Waals surface area (Å²) in [5.41, 5.74) is 1.50. The molecule has 12 heteroatoms. The molecule has 2 N–H and O–H groups in total. The highest BCUT2D eigenvalue weighted by Crippen LogP contribution is 2.23. The molecule has 2 saturated heterocycles. The number of piperazine rings is 1. The van der Waals surface area contributed by atoms with Gasteiger partial charge in [0.25, 0.3) is 0 Å². The topological polar surface area (TPSA) is 85.9 Å². The molecule has 0 aliphatic carbocycles. The Labute approximate surface area is 189 Å². The lowest BCUT2D eigenvalue weighted by Crippen LogP contribution is -2.50. The highest BCUT2D eigenvalue weighted by atomic mass is 19.4. The van der Waals surface area contributed by atoms with Gasteiger partial charge in [-0.3, -0.25) is 15.0 Å². The van der Waals surface area contributed by atoms with Crippen LogP contribution in [-0.4, -0.2) is 84.5 Å². The molecule has 0 atom stereocenters. The van der Waals surface area contributed by atoms with Gasteiger partial charge in [0, 0.05) is 45.8 Å². The van der Waals surface area contributed by atoms with Crippen LogP contribution < -0.4 is 20.3 Å². The Kier molecular flexibility index (Phi) is 7.14. The maximum atomic E-state index is 12.4. The summed E-state index contributed by atoms with van der Waals surface area (Å²) in [6, 6.07) is 5.76. The average Bonchev–Trinajstić information content (AvgIpc) is 3.33. The molecule has 0 spiro atoms. The van der Waals surface area contributed by atoms with Gasteiger partial charge in [-0.2, -0.15) is 0 Å². The monoisotopic (exact) mass is 465 g/mol. The summed E-state index contributed by atoms with van der Waals surface area (Å²) in [6.07, 6.45) is -1.29. The molecule has 2 aliphatic heterocycles. The van der Waals surface area contributed by atoms with Crippen LogP contribution in [0.2, 0.25) is 0 Å². The summed E-state index contributed by atoms with van der Waals surface area (Å²) >= 11 is 0. The molecule has 1 amide bonds. The minimum Gasteiger partial charge on any atom is -0.406 e. The molecule has 0 saturated carbocycles.